The van der Waals surface area contributed by atoms with Crippen molar-refractivity contribution in [2.75, 3.05) is 24.2 Å². The Balaban J connectivity index is 1.57. The molecule has 1 atom stereocenters. The van der Waals surface area contributed by atoms with Crippen LogP contribution in [0, 0.1) is 6.92 Å². The minimum absolute atomic E-state index is 0.0400. The van der Waals surface area contributed by atoms with E-state index in [1.165, 1.54) is 16.7 Å². The number of anilines is 1. The molecular formula is C38H43N3O5S2. The van der Waals surface area contributed by atoms with Gasteiger partial charge in [0.05, 0.1) is 17.7 Å². The summed E-state index contributed by atoms with van der Waals surface area (Å²) < 4.78 is 35.2. The average Bonchev–Trinajstić information content (AvgIpc) is 3.62. The van der Waals surface area contributed by atoms with Crippen molar-refractivity contribution in [2.45, 2.75) is 67.4 Å². The molecule has 10 heteroatoms. The summed E-state index contributed by atoms with van der Waals surface area (Å²) in [7, 11) is -2.60. The SMILES string of the molecule is COc1cccc(CN(C(=O)CN(c2ccc(C)cc2)S(=O)(=O)c2ccc(SC)cc2)C(Cc2ccccc2)C(=O)NC2CCCC2)c1. The Labute approximate surface area is 288 Å². The van der Waals surface area contributed by atoms with Crippen molar-refractivity contribution in [3.63, 3.8) is 0 Å². The van der Waals surface area contributed by atoms with Crippen LogP contribution in [-0.2, 0) is 32.6 Å². The van der Waals surface area contributed by atoms with Gasteiger partial charge in [-0.3, -0.25) is 13.9 Å². The predicted octanol–water partition coefficient (Wildman–Crippen LogP) is 6.62. The Morgan fingerprint density at radius 1 is 0.896 bits per heavy atom. The summed E-state index contributed by atoms with van der Waals surface area (Å²) in [6.45, 7) is 1.50. The van der Waals surface area contributed by atoms with Crippen LogP contribution in [0.3, 0.4) is 0 Å². The second kappa shape index (κ2) is 16.2. The van der Waals surface area contributed by atoms with Gasteiger partial charge < -0.3 is 15.0 Å². The van der Waals surface area contributed by atoms with Crippen LogP contribution in [0.1, 0.15) is 42.4 Å². The predicted molar refractivity (Wildman–Crippen MR) is 192 cm³/mol. The standard InChI is InChI=1S/C38H43N3O5S2/c1-28-16-18-32(19-17-28)41(48(44,45)35-22-20-34(47-3)21-23-35)27-37(42)40(26-30-12-9-15-33(24-30)46-2)36(25-29-10-5-4-6-11-29)38(43)39-31-13-7-8-14-31/h4-6,9-12,15-24,31,36H,7-8,13-14,25-27H2,1-3H3,(H,39,43). The van der Waals surface area contributed by atoms with E-state index in [9.17, 15) is 18.0 Å². The van der Waals surface area contributed by atoms with Gasteiger partial charge in [0, 0.05) is 23.9 Å². The largest absolute Gasteiger partial charge is 0.497 e. The zero-order chi connectivity index (χ0) is 34.1. The molecule has 1 N–H and O–H groups in total. The first kappa shape index (κ1) is 35.0. The highest BCUT2D eigenvalue weighted by atomic mass is 32.2. The molecule has 0 radical (unpaired) electrons. The van der Waals surface area contributed by atoms with Crippen LogP contribution in [-0.4, -0.2) is 57.1 Å². The summed E-state index contributed by atoms with van der Waals surface area (Å²) in [5.41, 5.74) is 2.97. The van der Waals surface area contributed by atoms with Gasteiger partial charge in [-0.25, -0.2) is 8.42 Å². The molecule has 0 spiro atoms. The molecule has 1 fully saturated rings. The highest BCUT2D eigenvalue weighted by molar-refractivity contribution is 7.98. The Morgan fingerprint density at radius 3 is 2.21 bits per heavy atom. The van der Waals surface area contributed by atoms with Gasteiger partial charge in [0.1, 0.15) is 18.3 Å². The number of benzene rings is 4. The molecule has 1 aliphatic rings. The molecule has 252 valence electrons. The van der Waals surface area contributed by atoms with Crippen molar-refractivity contribution in [2.24, 2.45) is 0 Å². The van der Waals surface area contributed by atoms with E-state index in [4.69, 9.17) is 4.74 Å². The molecule has 0 aromatic heterocycles. The normalized spacial score (nSPS) is 13.9. The summed E-state index contributed by atoms with van der Waals surface area (Å²) in [6.07, 6.45) is 6.06. The molecule has 0 bridgehead atoms. The summed E-state index contributed by atoms with van der Waals surface area (Å²) >= 11 is 1.51. The van der Waals surface area contributed by atoms with Gasteiger partial charge in [-0.15, -0.1) is 11.8 Å². The molecule has 2 amide bonds. The van der Waals surface area contributed by atoms with E-state index < -0.39 is 28.5 Å². The number of hydrogen-bond donors (Lipinski definition) is 1. The lowest BCUT2D eigenvalue weighted by Crippen LogP contribution is -2.54. The number of rotatable bonds is 14. The quantitative estimate of drug-likeness (QED) is 0.150. The van der Waals surface area contributed by atoms with Gasteiger partial charge in [-0.2, -0.15) is 0 Å². The van der Waals surface area contributed by atoms with Crippen molar-refractivity contribution in [3.05, 3.63) is 120 Å². The molecule has 5 rings (SSSR count). The molecule has 4 aromatic carbocycles. The van der Waals surface area contributed by atoms with E-state index in [-0.39, 0.29) is 29.8 Å². The highest BCUT2D eigenvalue weighted by Gasteiger charge is 2.35. The van der Waals surface area contributed by atoms with Crippen molar-refractivity contribution in [1.82, 2.24) is 10.2 Å². The summed E-state index contributed by atoms with van der Waals surface area (Å²) in [6, 6.07) is 29.8. The molecule has 4 aromatic rings. The molecule has 0 heterocycles. The number of carbonyl (C=O) groups is 2. The van der Waals surface area contributed by atoms with Crippen LogP contribution in [0.4, 0.5) is 5.69 Å². The van der Waals surface area contributed by atoms with E-state index in [0.29, 0.717) is 11.4 Å². The number of aryl methyl sites for hydroxylation is 1. The van der Waals surface area contributed by atoms with Gasteiger partial charge in [0.2, 0.25) is 11.8 Å². The first-order valence-electron chi connectivity index (χ1n) is 16.2. The fourth-order valence-corrected chi connectivity index (χ4v) is 7.83. The number of sulfonamides is 1. The second-order valence-corrected chi connectivity index (χ2v) is 14.8. The van der Waals surface area contributed by atoms with Gasteiger partial charge in [-0.05, 0) is 85.7 Å². The monoisotopic (exact) mass is 685 g/mol. The zero-order valence-electron chi connectivity index (χ0n) is 27.7. The van der Waals surface area contributed by atoms with Crippen LogP contribution >= 0.6 is 11.8 Å². The minimum Gasteiger partial charge on any atom is -0.497 e. The lowest BCUT2D eigenvalue weighted by molar-refractivity contribution is -0.140. The third kappa shape index (κ3) is 8.79. The average molecular weight is 686 g/mol. The molecular weight excluding hydrogens is 643 g/mol. The summed E-state index contributed by atoms with van der Waals surface area (Å²) in [5, 5.41) is 3.21. The fourth-order valence-electron chi connectivity index (χ4n) is 6.00. The fraction of sp³-hybridized carbons (Fsp3) is 0.316. The van der Waals surface area contributed by atoms with E-state index in [0.717, 1.165) is 51.6 Å². The molecule has 8 nitrogen and oxygen atoms in total. The van der Waals surface area contributed by atoms with E-state index in [1.54, 1.807) is 43.5 Å². The maximum Gasteiger partial charge on any atom is 0.264 e. The number of ether oxygens (including phenoxy) is 1. The molecule has 0 saturated heterocycles. The number of thioether (sulfide) groups is 1. The number of hydrogen-bond acceptors (Lipinski definition) is 6. The van der Waals surface area contributed by atoms with Crippen molar-refractivity contribution in [1.29, 1.82) is 0 Å². The second-order valence-electron chi connectivity index (χ2n) is 12.1. The van der Waals surface area contributed by atoms with Crippen LogP contribution in [0.5, 0.6) is 5.75 Å². The number of nitrogens with one attached hydrogen (secondary N) is 1. The highest BCUT2D eigenvalue weighted by Crippen LogP contribution is 2.27. The molecule has 1 saturated carbocycles. The van der Waals surface area contributed by atoms with Gasteiger partial charge in [0.15, 0.2) is 0 Å². The maximum absolute atomic E-state index is 14.7. The van der Waals surface area contributed by atoms with E-state index in [2.05, 4.69) is 5.32 Å². The van der Waals surface area contributed by atoms with E-state index in [1.807, 2.05) is 79.9 Å². The lowest BCUT2D eigenvalue weighted by Gasteiger charge is -2.34. The van der Waals surface area contributed by atoms with Gasteiger partial charge in [0.25, 0.3) is 10.0 Å². The smallest absolute Gasteiger partial charge is 0.264 e. The van der Waals surface area contributed by atoms with Crippen molar-refractivity contribution < 1.29 is 22.7 Å². The topological polar surface area (TPSA) is 96.0 Å². The maximum atomic E-state index is 14.7. The molecule has 0 aliphatic heterocycles. The van der Waals surface area contributed by atoms with Gasteiger partial charge in [-0.1, -0.05) is 73.0 Å². The first-order chi connectivity index (χ1) is 23.2. The van der Waals surface area contributed by atoms with Crippen molar-refractivity contribution in [3.8, 4) is 5.75 Å². The summed E-state index contributed by atoms with van der Waals surface area (Å²) in [5.74, 6) is -0.128. The number of carbonyl (C=O) groups excluding carboxylic acids is 2. The lowest BCUT2D eigenvalue weighted by atomic mass is 10.0. The Hall–Kier alpha value is -4.28. The Bertz CT molecular complexity index is 1780. The van der Waals surface area contributed by atoms with Crippen molar-refractivity contribution >= 4 is 39.3 Å². The van der Waals surface area contributed by atoms with Crippen LogP contribution in [0.15, 0.2) is 113 Å². The van der Waals surface area contributed by atoms with Gasteiger partial charge >= 0.3 is 0 Å². The molecule has 1 unspecified atom stereocenters. The third-order valence-corrected chi connectivity index (χ3v) is 11.2. The Morgan fingerprint density at radius 2 is 1.56 bits per heavy atom. The van der Waals surface area contributed by atoms with Crippen LogP contribution in [0.25, 0.3) is 0 Å². The zero-order valence-corrected chi connectivity index (χ0v) is 29.3. The number of methoxy groups -OCH3 is 1. The number of amides is 2. The van der Waals surface area contributed by atoms with Crippen LogP contribution < -0.4 is 14.4 Å². The minimum atomic E-state index is -4.17. The summed E-state index contributed by atoms with van der Waals surface area (Å²) in [4.78, 5) is 31.4. The third-order valence-electron chi connectivity index (χ3n) is 8.71. The van der Waals surface area contributed by atoms with E-state index >= 15 is 0 Å². The molecule has 48 heavy (non-hydrogen) atoms. The molecule has 1 aliphatic carbocycles. The Kier molecular flexibility index (Phi) is 11.8. The first-order valence-corrected chi connectivity index (χ1v) is 18.8. The number of nitrogens with zero attached hydrogens (tertiary/aromatic N) is 2. The van der Waals surface area contributed by atoms with Crippen LogP contribution in [0.2, 0.25) is 0 Å².